The lowest BCUT2D eigenvalue weighted by Gasteiger charge is -2.10. The summed E-state index contributed by atoms with van der Waals surface area (Å²) in [7, 11) is 1.63. The summed E-state index contributed by atoms with van der Waals surface area (Å²) < 4.78 is 7.12. The molecule has 1 saturated carbocycles. The summed E-state index contributed by atoms with van der Waals surface area (Å²) in [5.41, 5.74) is 7.45. The number of hydrogen-bond donors (Lipinski definition) is 1. The van der Waals surface area contributed by atoms with Gasteiger partial charge in [0.05, 0.1) is 7.11 Å². The molecular weight excluding hydrogens is 266 g/mol. The molecule has 21 heavy (non-hydrogen) atoms. The lowest BCUT2D eigenvalue weighted by Crippen LogP contribution is -2.07. The Bertz CT molecular complexity index is 604. The van der Waals surface area contributed by atoms with Crippen molar-refractivity contribution >= 4 is 5.69 Å². The summed E-state index contributed by atoms with van der Waals surface area (Å²) in [5, 5.41) is 12.1. The second-order valence-corrected chi connectivity index (χ2v) is 5.66. The summed E-state index contributed by atoms with van der Waals surface area (Å²) in [6.07, 6.45) is 6.53. The van der Waals surface area contributed by atoms with Crippen LogP contribution in [0.1, 0.15) is 32.1 Å². The zero-order valence-electron chi connectivity index (χ0n) is 12.3. The van der Waals surface area contributed by atoms with Crippen molar-refractivity contribution in [2.75, 3.05) is 12.8 Å². The number of ether oxygens (including phenoxy) is 1. The summed E-state index contributed by atoms with van der Waals surface area (Å²) in [6, 6.07) is 5.57. The molecule has 0 bridgehead atoms. The first kappa shape index (κ1) is 13.9. The van der Waals surface area contributed by atoms with Crippen LogP contribution in [0.4, 0.5) is 5.69 Å². The van der Waals surface area contributed by atoms with Crippen LogP contribution < -0.4 is 10.5 Å². The fourth-order valence-electron chi connectivity index (χ4n) is 3.03. The Kier molecular flexibility index (Phi) is 4.03. The van der Waals surface area contributed by atoms with Crippen molar-refractivity contribution in [2.45, 2.75) is 38.6 Å². The normalized spacial score (nSPS) is 15.5. The monoisotopic (exact) mass is 287 g/mol. The molecule has 1 heterocycles. The van der Waals surface area contributed by atoms with Gasteiger partial charge in [-0.1, -0.05) is 25.7 Å². The molecule has 0 unspecified atom stereocenters. The molecule has 112 valence electrons. The van der Waals surface area contributed by atoms with E-state index in [4.69, 9.17) is 10.5 Å². The predicted molar refractivity (Wildman–Crippen MR) is 80.8 cm³/mol. The van der Waals surface area contributed by atoms with E-state index >= 15 is 0 Å². The maximum absolute atomic E-state index is 5.91. The van der Waals surface area contributed by atoms with Crippen molar-refractivity contribution in [3.8, 4) is 17.1 Å². The van der Waals surface area contributed by atoms with Gasteiger partial charge in [-0.05, 0) is 34.9 Å². The van der Waals surface area contributed by atoms with E-state index in [1.165, 1.54) is 25.7 Å². The molecular formula is C15H21N5O. The van der Waals surface area contributed by atoms with Gasteiger partial charge >= 0.3 is 0 Å². The molecule has 1 aromatic carbocycles. The molecule has 0 saturated heterocycles. The van der Waals surface area contributed by atoms with E-state index in [1.54, 1.807) is 13.2 Å². The first-order chi connectivity index (χ1) is 10.3. The second-order valence-electron chi connectivity index (χ2n) is 5.66. The standard InChI is InChI=1S/C15H21N5O/c1-21-14-9-12(8-13(16)10-14)15-17-18-19-20(15)7-6-11-4-2-3-5-11/h8-11H,2-7,16H2,1H3. The van der Waals surface area contributed by atoms with Gasteiger partial charge in [0.15, 0.2) is 5.82 Å². The lowest BCUT2D eigenvalue weighted by molar-refractivity contribution is 0.415. The van der Waals surface area contributed by atoms with Gasteiger partial charge in [-0.2, -0.15) is 0 Å². The number of anilines is 1. The highest BCUT2D eigenvalue weighted by molar-refractivity contribution is 5.64. The summed E-state index contributed by atoms with van der Waals surface area (Å²) in [4.78, 5) is 0. The molecule has 0 amide bonds. The van der Waals surface area contributed by atoms with Crippen LogP contribution in [-0.2, 0) is 6.54 Å². The predicted octanol–water partition coefficient (Wildman–Crippen LogP) is 2.51. The van der Waals surface area contributed by atoms with Crippen molar-refractivity contribution in [1.82, 2.24) is 20.2 Å². The van der Waals surface area contributed by atoms with Crippen molar-refractivity contribution in [1.29, 1.82) is 0 Å². The Labute approximate surface area is 124 Å². The van der Waals surface area contributed by atoms with Gasteiger partial charge in [0.2, 0.25) is 0 Å². The number of aromatic nitrogens is 4. The first-order valence-corrected chi connectivity index (χ1v) is 7.47. The van der Waals surface area contributed by atoms with E-state index in [1.807, 2.05) is 16.8 Å². The van der Waals surface area contributed by atoms with Crippen LogP contribution in [0.5, 0.6) is 5.75 Å². The first-order valence-electron chi connectivity index (χ1n) is 7.47. The molecule has 0 aliphatic heterocycles. The van der Waals surface area contributed by atoms with Gasteiger partial charge in [0, 0.05) is 23.9 Å². The smallest absolute Gasteiger partial charge is 0.182 e. The van der Waals surface area contributed by atoms with Crippen LogP contribution in [0.2, 0.25) is 0 Å². The number of nitrogen functional groups attached to an aromatic ring is 1. The number of hydrogen-bond acceptors (Lipinski definition) is 5. The molecule has 1 fully saturated rings. The highest BCUT2D eigenvalue weighted by Gasteiger charge is 2.17. The summed E-state index contributed by atoms with van der Waals surface area (Å²) >= 11 is 0. The average Bonchev–Trinajstić information content (AvgIpc) is 3.15. The van der Waals surface area contributed by atoms with Crippen molar-refractivity contribution in [3.05, 3.63) is 18.2 Å². The number of nitrogens with two attached hydrogens (primary N) is 1. The van der Waals surface area contributed by atoms with Crippen LogP contribution in [-0.4, -0.2) is 27.3 Å². The zero-order chi connectivity index (χ0) is 14.7. The van der Waals surface area contributed by atoms with Crippen molar-refractivity contribution in [2.24, 2.45) is 5.92 Å². The average molecular weight is 287 g/mol. The molecule has 2 aromatic rings. The third kappa shape index (κ3) is 3.15. The van der Waals surface area contributed by atoms with Crippen LogP contribution >= 0.6 is 0 Å². The van der Waals surface area contributed by atoms with Crippen LogP contribution in [0.15, 0.2) is 18.2 Å². The molecule has 1 aliphatic rings. The van der Waals surface area contributed by atoms with Crippen molar-refractivity contribution < 1.29 is 4.74 Å². The fourth-order valence-corrected chi connectivity index (χ4v) is 3.03. The maximum atomic E-state index is 5.91. The minimum Gasteiger partial charge on any atom is -0.497 e. The largest absolute Gasteiger partial charge is 0.497 e. The minimum absolute atomic E-state index is 0.648. The Balaban J connectivity index is 1.79. The number of nitrogens with zero attached hydrogens (tertiary/aromatic N) is 4. The third-order valence-electron chi connectivity index (χ3n) is 4.18. The lowest BCUT2D eigenvalue weighted by atomic mass is 10.0. The molecule has 2 N–H and O–H groups in total. The van der Waals surface area contributed by atoms with Gasteiger partial charge in [0.1, 0.15) is 5.75 Å². The Hall–Kier alpha value is -2.11. The Morgan fingerprint density at radius 3 is 2.86 bits per heavy atom. The number of tetrazole rings is 1. The number of benzene rings is 1. The van der Waals surface area contributed by atoms with E-state index < -0.39 is 0 Å². The molecule has 0 radical (unpaired) electrons. The maximum Gasteiger partial charge on any atom is 0.182 e. The minimum atomic E-state index is 0.648. The van der Waals surface area contributed by atoms with Gasteiger partial charge in [-0.15, -0.1) is 5.10 Å². The molecule has 6 heteroatoms. The molecule has 0 spiro atoms. The Morgan fingerprint density at radius 2 is 2.10 bits per heavy atom. The fraction of sp³-hybridized carbons (Fsp3) is 0.533. The van der Waals surface area contributed by atoms with E-state index in [2.05, 4.69) is 15.5 Å². The van der Waals surface area contributed by atoms with E-state index in [0.717, 1.165) is 36.0 Å². The topological polar surface area (TPSA) is 78.8 Å². The molecule has 1 aromatic heterocycles. The van der Waals surface area contributed by atoms with Crippen LogP contribution in [0.3, 0.4) is 0 Å². The van der Waals surface area contributed by atoms with Crippen LogP contribution in [0.25, 0.3) is 11.4 Å². The summed E-state index contributed by atoms with van der Waals surface area (Å²) in [5.74, 6) is 2.28. The van der Waals surface area contributed by atoms with Gasteiger partial charge in [0.25, 0.3) is 0 Å². The van der Waals surface area contributed by atoms with Gasteiger partial charge in [-0.3, -0.25) is 0 Å². The number of aryl methyl sites for hydroxylation is 1. The van der Waals surface area contributed by atoms with E-state index in [0.29, 0.717) is 5.69 Å². The molecule has 6 nitrogen and oxygen atoms in total. The SMILES string of the molecule is COc1cc(N)cc(-c2nnnn2CCC2CCCC2)c1. The third-order valence-corrected chi connectivity index (χ3v) is 4.18. The quantitative estimate of drug-likeness (QED) is 0.855. The highest BCUT2D eigenvalue weighted by Crippen LogP contribution is 2.29. The molecule has 3 rings (SSSR count). The van der Waals surface area contributed by atoms with E-state index in [9.17, 15) is 0 Å². The van der Waals surface area contributed by atoms with Crippen LogP contribution in [0, 0.1) is 5.92 Å². The highest BCUT2D eigenvalue weighted by atomic mass is 16.5. The van der Waals surface area contributed by atoms with Gasteiger partial charge in [-0.25, -0.2) is 4.68 Å². The van der Waals surface area contributed by atoms with E-state index in [-0.39, 0.29) is 0 Å². The number of rotatable bonds is 5. The number of methoxy groups -OCH3 is 1. The van der Waals surface area contributed by atoms with Gasteiger partial charge < -0.3 is 10.5 Å². The van der Waals surface area contributed by atoms with Crippen molar-refractivity contribution in [3.63, 3.8) is 0 Å². The molecule has 1 aliphatic carbocycles. The summed E-state index contributed by atoms with van der Waals surface area (Å²) in [6.45, 7) is 0.851. The second kappa shape index (κ2) is 6.11. The zero-order valence-corrected chi connectivity index (χ0v) is 12.3. The Morgan fingerprint density at radius 1 is 1.29 bits per heavy atom. The molecule has 0 atom stereocenters.